The Morgan fingerprint density at radius 1 is 0.892 bits per heavy atom. The summed E-state index contributed by atoms with van der Waals surface area (Å²) in [6.07, 6.45) is -1.05. The monoisotopic (exact) mass is 555 g/mol. The van der Waals surface area contributed by atoms with Crippen molar-refractivity contribution in [2.24, 2.45) is 0 Å². The van der Waals surface area contributed by atoms with Crippen LogP contribution < -0.4 is 4.90 Å². The zero-order valence-corrected chi connectivity index (χ0v) is 20.1. The molecule has 3 aromatic rings. The number of hydrogen-bond donors (Lipinski definition) is 0. The van der Waals surface area contributed by atoms with Crippen LogP contribution in [0.15, 0.2) is 54.6 Å². The molecule has 0 saturated carbocycles. The third-order valence-corrected chi connectivity index (χ3v) is 5.95. The van der Waals surface area contributed by atoms with Gasteiger partial charge in [-0.15, -0.1) is 0 Å². The van der Waals surface area contributed by atoms with Crippen molar-refractivity contribution in [2.75, 3.05) is 18.2 Å². The fourth-order valence-corrected chi connectivity index (χ4v) is 3.95. The molecule has 0 spiro atoms. The Morgan fingerprint density at radius 3 is 2.19 bits per heavy atom. The van der Waals surface area contributed by atoms with E-state index in [4.69, 9.17) is 27.9 Å². The van der Waals surface area contributed by atoms with Gasteiger partial charge in [0.15, 0.2) is 11.6 Å². The van der Waals surface area contributed by atoms with Crippen LogP contribution in [0.3, 0.4) is 0 Å². The first-order chi connectivity index (χ1) is 17.6. The number of hydrogen-bond acceptors (Lipinski definition) is 4. The lowest BCUT2D eigenvalue weighted by molar-refractivity contribution is 0.0530. The Labute approximate surface area is 217 Å². The molecule has 0 radical (unpaired) electrons. The van der Waals surface area contributed by atoms with E-state index in [1.165, 1.54) is 0 Å². The second-order valence-corrected chi connectivity index (χ2v) is 8.51. The number of rotatable bonds is 4. The Kier molecular flexibility index (Phi) is 7.55. The van der Waals surface area contributed by atoms with Gasteiger partial charge in [-0.25, -0.2) is 32.1 Å². The first-order valence-corrected chi connectivity index (χ1v) is 11.2. The van der Waals surface area contributed by atoms with Crippen LogP contribution in [-0.4, -0.2) is 41.2 Å². The lowest BCUT2D eigenvalue weighted by Crippen LogP contribution is -2.61. The molecule has 0 N–H and O–H groups in total. The van der Waals surface area contributed by atoms with Gasteiger partial charge in [0.05, 0.1) is 10.7 Å². The number of halogens is 6. The standard InChI is InChI=1S/C24H15Cl2F4N3O4/c25-14-9-17(21(30)19(26)20(14)29)32-11-31(24(36)37-10-13-5-2-1-3-6-13)12-33(23(32)35)22(34)18-15(27)7-4-8-16(18)28/h1-9H,10-12H2. The van der Waals surface area contributed by atoms with Crippen LogP contribution in [0, 0.1) is 23.3 Å². The van der Waals surface area contributed by atoms with Crippen LogP contribution in [0.2, 0.25) is 10.0 Å². The first kappa shape index (κ1) is 26.2. The Hall–Kier alpha value is -3.83. The van der Waals surface area contributed by atoms with Gasteiger partial charge in [0, 0.05) is 0 Å². The summed E-state index contributed by atoms with van der Waals surface area (Å²) in [7, 11) is 0. The number of benzene rings is 3. The van der Waals surface area contributed by atoms with Crippen LogP contribution in [0.25, 0.3) is 0 Å². The van der Waals surface area contributed by atoms with Crippen molar-refractivity contribution in [3.05, 3.63) is 99.0 Å². The quantitative estimate of drug-likeness (QED) is 0.219. The molecule has 0 bridgehead atoms. The maximum Gasteiger partial charge on any atom is 0.412 e. The van der Waals surface area contributed by atoms with E-state index in [9.17, 15) is 31.9 Å². The number of anilines is 1. The van der Waals surface area contributed by atoms with Crippen LogP contribution in [-0.2, 0) is 11.3 Å². The molecule has 4 amide bonds. The fourth-order valence-electron chi connectivity index (χ4n) is 3.50. The highest BCUT2D eigenvalue weighted by atomic mass is 35.5. The van der Waals surface area contributed by atoms with Crippen LogP contribution in [0.1, 0.15) is 15.9 Å². The van der Waals surface area contributed by atoms with E-state index in [1.807, 2.05) is 0 Å². The smallest absolute Gasteiger partial charge is 0.412 e. The normalized spacial score (nSPS) is 13.7. The summed E-state index contributed by atoms with van der Waals surface area (Å²) < 4.78 is 62.7. The number of carbonyl (C=O) groups excluding carboxylic acids is 3. The average molecular weight is 556 g/mol. The van der Waals surface area contributed by atoms with Gasteiger partial charge >= 0.3 is 12.1 Å². The zero-order valence-electron chi connectivity index (χ0n) is 18.6. The van der Waals surface area contributed by atoms with Gasteiger partial charge < -0.3 is 4.74 Å². The third-order valence-electron chi connectivity index (χ3n) is 5.35. The molecule has 37 heavy (non-hydrogen) atoms. The van der Waals surface area contributed by atoms with E-state index in [2.05, 4.69) is 0 Å². The molecule has 0 atom stereocenters. The fraction of sp³-hybridized carbons (Fsp3) is 0.125. The highest BCUT2D eigenvalue weighted by Gasteiger charge is 2.41. The SMILES string of the molecule is O=C(OCc1ccccc1)N1CN(C(=O)c2c(F)cccc2F)C(=O)N(c2cc(Cl)c(F)c(Cl)c2F)C1. The molecule has 1 heterocycles. The molecule has 1 aliphatic heterocycles. The molecule has 1 saturated heterocycles. The van der Waals surface area contributed by atoms with Gasteiger partial charge in [0.25, 0.3) is 5.91 Å². The first-order valence-electron chi connectivity index (χ1n) is 10.5. The van der Waals surface area contributed by atoms with E-state index >= 15 is 0 Å². The maximum atomic E-state index is 14.9. The summed E-state index contributed by atoms with van der Waals surface area (Å²) in [4.78, 5) is 40.8. The van der Waals surface area contributed by atoms with Crippen LogP contribution >= 0.6 is 23.2 Å². The summed E-state index contributed by atoms with van der Waals surface area (Å²) in [5.74, 6) is -6.71. The molecule has 0 aromatic heterocycles. The van der Waals surface area contributed by atoms with Crippen molar-refractivity contribution >= 4 is 46.9 Å². The summed E-state index contributed by atoms with van der Waals surface area (Å²) in [5.41, 5.74) is -1.15. The molecule has 192 valence electrons. The molecule has 0 aliphatic carbocycles. The van der Waals surface area contributed by atoms with Gasteiger partial charge in [-0.2, -0.15) is 0 Å². The average Bonchev–Trinajstić information content (AvgIpc) is 2.89. The summed E-state index contributed by atoms with van der Waals surface area (Å²) >= 11 is 11.4. The van der Waals surface area contributed by atoms with E-state index < -0.39 is 75.9 Å². The van der Waals surface area contributed by atoms with Gasteiger partial charge in [-0.3, -0.25) is 14.6 Å². The number of carbonyl (C=O) groups is 3. The molecule has 13 heteroatoms. The molecule has 0 unspecified atom stereocenters. The molecular weight excluding hydrogens is 541 g/mol. The minimum Gasteiger partial charge on any atom is -0.444 e. The Balaban J connectivity index is 1.71. The highest BCUT2D eigenvalue weighted by molar-refractivity contribution is 6.35. The molecule has 1 fully saturated rings. The van der Waals surface area contributed by atoms with E-state index in [1.54, 1.807) is 30.3 Å². The molecule has 3 aromatic carbocycles. The Bertz CT molecular complexity index is 1370. The van der Waals surface area contributed by atoms with Gasteiger partial charge in [-0.05, 0) is 23.8 Å². The largest absolute Gasteiger partial charge is 0.444 e. The van der Waals surface area contributed by atoms with Crippen LogP contribution in [0.5, 0.6) is 0 Å². The maximum absolute atomic E-state index is 14.9. The van der Waals surface area contributed by atoms with Crippen molar-refractivity contribution in [2.45, 2.75) is 6.61 Å². The Morgan fingerprint density at radius 2 is 1.54 bits per heavy atom. The predicted molar refractivity (Wildman–Crippen MR) is 125 cm³/mol. The predicted octanol–water partition coefficient (Wildman–Crippen LogP) is 6.19. The summed E-state index contributed by atoms with van der Waals surface area (Å²) in [5, 5.41) is -1.70. The number of amides is 4. The van der Waals surface area contributed by atoms with Crippen LogP contribution in [0.4, 0.5) is 32.8 Å². The molecule has 7 nitrogen and oxygen atoms in total. The summed E-state index contributed by atoms with van der Waals surface area (Å²) in [6.45, 7) is -1.67. The highest BCUT2D eigenvalue weighted by Crippen LogP contribution is 2.35. The number of ether oxygens (including phenoxy) is 1. The van der Waals surface area contributed by atoms with Gasteiger partial charge in [-0.1, -0.05) is 59.6 Å². The number of urea groups is 1. The number of imide groups is 1. The van der Waals surface area contributed by atoms with Gasteiger partial charge in [0.2, 0.25) is 0 Å². The molecule has 4 rings (SSSR count). The lowest BCUT2D eigenvalue weighted by atomic mass is 10.1. The van der Waals surface area contributed by atoms with Crippen molar-refractivity contribution < 1.29 is 36.7 Å². The van der Waals surface area contributed by atoms with Crippen molar-refractivity contribution in [1.82, 2.24) is 9.80 Å². The minimum absolute atomic E-state index is 0.192. The van der Waals surface area contributed by atoms with E-state index in [-0.39, 0.29) is 6.61 Å². The van der Waals surface area contributed by atoms with Gasteiger partial charge in [0.1, 0.15) is 42.2 Å². The zero-order chi connectivity index (χ0) is 26.9. The van der Waals surface area contributed by atoms with Crippen molar-refractivity contribution in [1.29, 1.82) is 0 Å². The minimum atomic E-state index is -1.45. The van der Waals surface area contributed by atoms with E-state index in [0.717, 1.165) is 29.2 Å². The molecular formula is C24H15Cl2F4N3O4. The third kappa shape index (κ3) is 5.18. The second-order valence-electron chi connectivity index (χ2n) is 7.72. The topological polar surface area (TPSA) is 70.2 Å². The van der Waals surface area contributed by atoms with Crippen molar-refractivity contribution in [3.63, 3.8) is 0 Å². The number of nitrogens with zero attached hydrogens (tertiary/aromatic N) is 3. The molecule has 1 aliphatic rings. The second kappa shape index (κ2) is 10.7. The van der Waals surface area contributed by atoms with Crippen molar-refractivity contribution in [3.8, 4) is 0 Å². The van der Waals surface area contributed by atoms with E-state index in [0.29, 0.717) is 15.4 Å². The summed E-state index contributed by atoms with van der Waals surface area (Å²) in [6, 6.07) is 10.6. The lowest BCUT2D eigenvalue weighted by Gasteiger charge is -2.40.